The predicted molar refractivity (Wildman–Crippen MR) is 90.7 cm³/mol. The number of aromatic nitrogens is 2. The van der Waals surface area contributed by atoms with Crippen molar-refractivity contribution in [1.82, 2.24) is 15.0 Å². The van der Waals surface area contributed by atoms with Crippen molar-refractivity contribution in [3.05, 3.63) is 70.6 Å². The van der Waals surface area contributed by atoms with Gasteiger partial charge in [-0.15, -0.1) is 16.4 Å². The van der Waals surface area contributed by atoms with E-state index in [0.29, 0.717) is 5.56 Å². The summed E-state index contributed by atoms with van der Waals surface area (Å²) in [7, 11) is 0. The molecule has 0 atom stereocenters. The lowest BCUT2D eigenvalue weighted by Gasteiger charge is -2.05. The van der Waals surface area contributed by atoms with Crippen LogP contribution >= 0.6 is 11.3 Å². The van der Waals surface area contributed by atoms with Gasteiger partial charge in [0.2, 0.25) is 4.80 Å². The lowest BCUT2D eigenvalue weighted by atomic mass is 10.2. The molecule has 0 unspecified atom stereocenters. The Hall–Kier alpha value is -2.73. The quantitative estimate of drug-likeness (QED) is 0.750. The summed E-state index contributed by atoms with van der Waals surface area (Å²) in [5.41, 5.74) is 5.36. The van der Waals surface area contributed by atoms with Crippen molar-refractivity contribution in [2.45, 2.75) is 13.5 Å². The molecule has 1 amide bonds. The van der Waals surface area contributed by atoms with Crippen LogP contribution in [0.1, 0.15) is 17.3 Å². The summed E-state index contributed by atoms with van der Waals surface area (Å²) in [6, 6.07) is 13.4. The number of rotatable bonds is 4. The van der Waals surface area contributed by atoms with Gasteiger partial charge in [-0.2, -0.15) is 0 Å². The van der Waals surface area contributed by atoms with E-state index in [1.807, 2.05) is 18.2 Å². The molecule has 6 heteroatoms. The van der Waals surface area contributed by atoms with Gasteiger partial charge in [0.1, 0.15) is 0 Å². The van der Waals surface area contributed by atoms with Gasteiger partial charge >= 0.3 is 0 Å². The molecule has 2 heterocycles. The van der Waals surface area contributed by atoms with Gasteiger partial charge in [-0.3, -0.25) is 9.78 Å². The molecule has 0 bridgehead atoms. The summed E-state index contributed by atoms with van der Waals surface area (Å²) in [6.07, 6.45) is 3.17. The largest absolute Gasteiger partial charge is 0.315 e. The van der Waals surface area contributed by atoms with Crippen LogP contribution in [0.4, 0.5) is 0 Å². The van der Waals surface area contributed by atoms with E-state index in [4.69, 9.17) is 0 Å². The Morgan fingerprint density at radius 2 is 1.96 bits per heavy atom. The highest BCUT2D eigenvalue weighted by Gasteiger charge is 2.07. The second-order valence-electron chi connectivity index (χ2n) is 4.80. The second kappa shape index (κ2) is 7.02. The highest BCUT2D eigenvalue weighted by atomic mass is 32.1. The number of thiazole rings is 1. The van der Waals surface area contributed by atoms with Gasteiger partial charge in [0.25, 0.3) is 5.91 Å². The van der Waals surface area contributed by atoms with Gasteiger partial charge in [0.05, 0.1) is 5.69 Å². The van der Waals surface area contributed by atoms with E-state index in [-0.39, 0.29) is 5.91 Å². The third-order valence-corrected chi connectivity index (χ3v) is 4.24. The van der Waals surface area contributed by atoms with Gasteiger partial charge in [0.15, 0.2) is 0 Å². The van der Waals surface area contributed by atoms with Crippen molar-refractivity contribution < 1.29 is 4.79 Å². The van der Waals surface area contributed by atoms with Gasteiger partial charge in [-0.25, -0.2) is 5.43 Å². The van der Waals surface area contributed by atoms with Crippen molar-refractivity contribution in [2.75, 3.05) is 0 Å². The Morgan fingerprint density at radius 1 is 1.22 bits per heavy atom. The number of hydrogen-bond acceptors (Lipinski definition) is 4. The first-order valence-corrected chi connectivity index (χ1v) is 8.15. The maximum Gasteiger partial charge on any atom is 0.271 e. The minimum absolute atomic E-state index is 0.246. The fourth-order valence-corrected chi connectivity index (χ4v) is 3.16. The molecule has 23 heavy (non-hydrogen) atoms. The Kier molecular flexibility index (Phi) is 4.63. The Bertz CT molecular complexity index is 853. The monoisotopic (exact) mass is 324 g/mol. The van der Waals surface area contributed by atoms with Crippen LogP contribution in [-0.2, 0) is 6.54 Å². The molecule has 1 aromatic carbocycles. The van der Waals surface area contributed by atoms with Crippen molar-refractivity contribution in [3.8, 4) is 11.3 Å². The minimum atomic E-state index is -0.246. The normalized spacial score (nSPS) is 11.4. The van der Waals surface area contributed by atoms with E-state index >= 15 is 0 Å². The smallest absolute Gasteiger partial charge is 0.271 e. The molecule has 0 aliphatic heterocycles. The Balaban J connectivity index is 1.89. The van der Waals surface area contributed by atoms with Crippen LogP contribution in [0, 0.1) is 0 Å². The number of carbonyl (C=O) groups excluding carboxylic acids is 1. The summed E-state index contributed by atoms with van der Waals surface area (Å²) < 4.78 is 2.08. The van der Waals surface area contributed by atoms with Crippen LogP contribution in [0.2, 0.25) is 0 Å². The minimum Gasteiger partial charge on any atom is -0.315 e. The lowest BCUT2D eigenvalue weighted by molar-refractivity contribution is 0.0953. The average molecular weight is 324 g/mol. The summed E-state index contributed by atoms with van der Waals surface area (Å²) >= 11 is 1.50. The van der Waals surface area contributed by atoms with Crippen molar-refractivity contribution >= 4 is 17.2 Å². The summed E-state index contributed by atoms with van der Waals surface area (Å²) in [6.45, 7) is 2.83. The van der Waals surface area contributed by atoms with E-state index in [1.54, 1.807) is 24.5 Å². The van der Waals surface area contributed by atoms with Crippen molar-refractivity contribution in [1.29, 1.82) is 0 Å². The number of carbonyl (C=O) groups is 1. The van der Waals surface area contributed by atoms with Gasteiger partial charge in [-0.05, 0) is 24.6 Å². The summed E-state index contributed by atoms with van der Waals surface area (Å²) in [5.74, 6) is -0.246. The molecule has 0 saturated heterocycles. The molecule has 3 aromatic rings. The van der Waals surface area contributed by atoms with E-state index in [9.17, 15) is 4.79 Å². The molecule has 0 saturated carbocycles. The van der Waals surface area contributed by atoms with Crippen LogP contribution in [0.15, 0.2) is 65.3 Å². The summed E-state index contributed by atoms with van der Waals surface area (Å²) in [5, 5.41) is 6.31. The Labute approximate surface area is 138 Å². The van der Waals surface area contributed by atoms with E-state index in [2.05, 4.69) is 44.5 Å². The van der Waals surface area contributed by atoms with Crippen LogP contribution in [0.3, 0.4) is 0 Å². The van der Waals surface area contributed by atoms with Gasteiger partial charge in [0, 0.05) is 29.9 Å². The molecule has 2 aromatic heterocycles. The SMILES string of the molecule is CCn1c(-c2ccccc2)cs/c1=N\NC(=O)c1ccncc1. The van der Waals surface area contributed by atoms with Crippen LogP contribution in [0.5, 0.6) is 0 Å². The molecule has 0 aliphatic rings. The zero-order chi connectivity index (χ0) is 16.1. The first-order valence-electron chi connectivity index (χ1n) is 7.27. The topological polar surface area (TPSA) is 59.3 Å². The second-order valence-corrected chi connectivity index (χ2v) is 5.64. The summed E-state index contributed by atoms with van der Waals surface area (Å²) in [4.78, 5) is 16.7. The third-order valence-electron chi connectivity index (χ3n) is 3.38. The number of nitrogens with one attached hydrogen (secondary N) is 1. The van der Waals surface area contributed by atoms with E-state index in [0.717, 1.165) is 22.6 Å². The maximum atomic E-state index is 12.1. The predicted octanol–water partition coefficient (Wildman–Crippen LogP) is 2.88. The molecule has 0 fully saturated rings. The first-order chi connectivity index (χ1) is 11.3. The lowest BCUT2D eigenvalue weighted by Crippen LogP contribution is -2.24. The molecule has 5 nitrogen and oxygen atoms in total. The maximum absolute atomic E-state index is 12.1. The van der Waals surface area contributed by atoms with E-state index in [1.165, 1.54) is 11.3 Å². The number of hydrogen-bond donors (Lipinski definition) is 1. The molecule has 1 N–H and O–H groups in total. The number of nitrogens with zero attached hydrogens (tertiary/aromatic N) is 3. The average Bonchev–Trinajstić information content (AvgIpc) is 3.04. The number of pyridine rings is 1. The number of amides is 1. The highest BCUT2D eigenvalue weighted by Crippen LogP contribution is 2.19. The van der Waals surface area contributed by atoms with Crippen LogP contribution in [-0.4, -0.2) is 15.5 Å². The Morgan fingerprint density at radius 3 is 2.65 bits per heavy atom. The molecule has 116 valence electrons. The molecule has 0 aliphatic carbocycles. The van der Waals surface area contributed by atoms with Gasteiger partial charge in [-0.1, -0.05) is 30.3 Å². The van der Waals surface area contributed by atoms with E-state index < -0.39 is 0 Å². The molecular formula is C17H16N4OS. The molecule has 0 spiro atoms. The van der Waals surface area contributed by atoms with Gasteiger partial charge < -0.3 is 4.57 Å². The fraction of sp³-hybridized carbons (Fsp3) is 0.118. The fourth-order valence-electron chi connectivity index (χ4n) is 2.23. The first kappa shape index (κ1) is 15.2. The molecule has 0 radical (unpaired) electrons. The van der Waals surface area contributed by atoms with Crippen LogP contribution < -0.4 is 10.2 Å². The standard InChI is InChI=1S/C17H16N4OS/c1-2-21-15(13-6-4-3-5-7-13)12-23-17(21)20-19-16(22)14-8-10-18-11-9-14/h3-12H,2H2,1H3,(H,19,22)/b20-17-. The molecular weight excluding hydrogens is 308 g/mol. The zero-order valence-corrected chi connectivity index (χ0v) is 13.5. The van der Waals surface area contributed by atoms with Crippen LogP contribution in [0.25, 0.3) is 11.3 Å². The third kappa shape index (κ3) is 3.37. The number of benzene rings is 1. The van der Waals surface area contributed by atoms with Crippen molar-refractivity contribution in [3.63, 3.8) is 0 Å². The zero-order valence-electron chi connectivity index (χ0n) is 12.6. The van der Waals surface area contributed by atoms with Crippen molar-refractivity contribution in [2.24, 2.45) is 5.10 Å². The highest BCUT2D eigenvalue weighted by molar-refractivity contribution is 7.07. The molecule has 3 rings (SSSR count).